The highest BCUT2D eigenvalue weighted by Crippen LogP contribution is 2.38. The number of pyridine rings is 1. The van der Waals surface area contributed by atoms with Crippen LogP contribution in [0.1, 0.15) is 29.0 Å². The van der Waals surface area contributed by atoms with Crippen LogP contribution in [0.3, 0.4) is 0 Å². The Morgan fingerprint density at radius 1 is 1.45 bits per heavy atom. The number of hydrogen-bond acceptors (Lipinski definition) is 3. The van der Waals surface area contributed by atoms with E-state index in [4.69, 9.17) is 0 Å². The molecule has 0 aliphatic rings. The van der Waals surface area contributed by atoms with Crippen molar-refractivity contribution in [2.45, 2.75) is 19.1 Å². The van der Waals surface area contributed by atoms with Crippen LogP contribution in [-0.4, -0.2) is 11.5 Å². The minimum Gasteiger partial charge on any atom is -0.306 e. The minimum atomic E-state index is -4.39. The van der Waals surface area contributed by atoms with Crippen LogP contribution in [0.25, 0.3) is 0 Å². The Labute approximate surface area is 127 Å². The van der Waals surface area contributed by atoms with Crippen LogP contribution >= 0.6 is 27.3 Å². The molecule has 2 heterocycles. The van der Waals surface area contributed by atoms with Crippen molar-refractivity contribution in [1.29, 1.82) is 0 Å². The van der Waals surface area contributed by atoms with Gasteiger partial charge in [-0.05, 0) is 34.6 Å². The number of hydrogen-bond donors (Lipinski definition) is 1. The standard InChI is InChI=1S/C13H12BrF3N2S/c1-2-19-12(11-5-8(14)7-20-11)9-6-18-4-3-10(9)13(15,16)17/h3-7,12,19H,2H2,1H3. The fraction of sp³-hybridized carbons (Fsp3) is 0.308. The van der Waals surface area contributed by atoms with Gasteiger partial charge >= 0.3 is 6.18 Å². The Morgan fingerprint density at radius 3 is 2.75 bits per heavy atom. The monoisotopic (exact) mass is 364 g/mol. The zero-order valence-electron chi connectivity index (χ0n) is 10.5. The average Bonchev–Trinajstić information content (AvgIpc) is 2.81. The highest BCUT2D eigenvalue weighted by molar-refractivity contribution is 9.10. The molecule has 1 N–H and O–H groups in total. The molecule has 20 heavy (non-hydrogen) atoms. The van der Waals surface area contributed by atoms with Gasteiger partial charge < -0.3 is 5.32 Å². The maximum Gasteiger partial charge on any atom is 0.416 e. The van der Waals surface area contributed by atoms with Crippen molar-refractivity contribution < 1.29 is 13.2 Å². The van der Waals surface area contributed by atoms with Crippen LogP contribution in [0.5, 0.6) is 0 Å². The van der Waals surface area contributed by atoms with Gasteiger partial charge in [0.15, 0.2) is 0 Å². The van der Waals surface area contributed by atoms with Gasteiger partial charge in [0.1, 0.15) is 0 Å². The normalized spacial score (nSPS) is 13.4. The second kappa shape index (κ2) is 6.24. The van der Waals surface area contributed by atoms with Crippen LogP contribution in [-0.2, 0) is 6.18 Å². The Hall–Kier alpha value is -0.920. The number of nitrogens with zero attached hydrogens (tertiary/aromatic N) is 1. The predicted molar refractivity (Wildman–Crippen MR) is 76.8 cm³/mol. The van der Waals surface area contributed by atoms with Crippen molar-refractivity contribution in [1.82, 2.24) is 10.3 Å². The van der Waals surface area contributed by atoms with Crippen molar-refractivity contribution in [3.05, 3.63) is 50.4 Å². The minimum absolute atomic E-state index is 0.149. The number of alkyl halides is 3. The molecule has 0 bridgehead atoms. The molecule has 0 aliphatic carbocycles. The van der Waals surface area contributed by atoms with Crippen molar-refractivity contribution in [3.8, 4) is 0 Å². The molecular weight excluding hydrogens is 353 g/mol. The number of aromatic nitrogens is 1. The lowest BCUT2D eigenvalue weighted by Crippen LogP contribution is -2.24. The average molecular weight is 365 g/mol. The first-order valence-corrected chi connectivity index (χ1v) is 7.59. The molecule has 0 saturated carbocycles. The van der Waals surface area contributed by atoms with Gasteiger partial charge in [-0.15, -0.1) is 11.3 Å². The van der Waals surface area contributed by atoms with Crippen molar-refractivity contribution in [2.24, 2.45) is 0 Å². The van der Waals surface area contributed by atoms with Crippen LogP contribution in [0.4, 0.5) is 13.2 Å². The van der Waals surface area contributed by atoms with E-state index >= 15 is 0 Å². The Bertz CT molecular complexity index is 583. The zero-order valence-corrected chi connectivity index (χ0v) is 12.9. The lowest BCUT2D eigenvalue weighted by Gasteiger charge is -2.21. The van der Waals surface area contributed by atoms with E-state index in [0.717, 1.165) is 15.4 Å². The molecule has 0 amide bonds. The van der Waals surface area contributed by atoms with Crippen molar-refractivity contribution in [2.75, 3.05) is 6.54 Å². The van der Waals surface area contributed by atoms with Gasteiger partial charge in [-0.25, -0.2) is 0 Å². The quantitative estimate of drug-likeness (QED) is 0.855. The molecule has 1 atom stereocenters. The van der Waals surface area contributed by atoms with Gasteiger partial charge in [0.2, 0.25) is 0 Å². The predicted octanol–water partition coefficient (Wildman–Crippen LogP) is 4.62. The lowest BCUT2D eigenvalue weighted by molar-refractivity contribution is -0.138. The van der Waals surface area contributed by atoms with E-state index in [1.165, 1.54) is 23.7 Å². The highest BCUT2D eigenvalue weighted by Gasteiger charge is 2.35. The lowest BCUT2D eigenvalue weighted by atomic mass is 10.0. The molecule has 2 nitrogen and oxygen atoms in total. The SMILES string of the molecule is CCNC(c1cc(Br)cs1)c1cnccc1C(F)(F)F. The molecular formula is C13H12BrF3N2S. The van der Waals surface area contributed by atoms with Gasteiger partial charge in [0.25, 0.3) is 0 Å². The third-order valence-corrected chi connectivity index (χ3v) is 4.51. The van der Waals surface area contributed by atoms with E-state index in [-0.39, 0.29) is 5.56 Å². The van der Waals surface area contributed by atoms with Crippen LogP contribution in [0, 0.1) is 0 Å². The molecule has 2 aromatic rings. The Morgan fingerprint density at radius 2 is 2.20 bits per heavy atom. The van der Waals surface area contributed by atoms with E-state index in [2.05, 4.69) is 26.2 Å². The third-order valence-electron chi connectivity index (χ3n) is 2.75. The number of nitrogens with one attached hydrogen (secondary N) is 1. The summed E-state index contributed by atoms with van der Waals surface area (Å²) in [5, 5.41) is 4.94. The largest absolute Gasteiger partial charge is 0.416 e. The Balaban J connectivity index is 2.50. The molecule has 2 rings (SSSR count). The first kappa shape index (κ1) is 15.5. The summed E-state index contributed by atoms with van der Waals surface area (Å²) in [4.78, 5) is 4.66. The van der Waals surface area contributed by atoms with Crippen LogP contribution < -0.4 is 5.32 Å². The van der Waals surface area contributed by atoms with Crippen molar-refractivity contribution >= 4 is 27.3 Å². The van der Waals surface area contributed by atoms with Gasteiger partial charge in [0, 0.05) is 32.7 Å². The summed E-state index contributed by atoms with van der Waals surface area (Å²) in [7, 11) is 0. The maximum absolute atomic E-state index is 13.1. The summed E-state index contributed by atoms with van der Waals surface area (Å²) in [5.74, 6) is 0. The third kappa shape index (κ3) is 3.39. The zero-order chi connectivity index (χ0) is 14.8. The maximum atomic E-state index is 13.1. The molecule has 1 unspecified atom stereocenters. The summed E-state index contributed by atoms with van der Waals surface area (Å²) in [5.41, 5.74) is -0.501. The number of halogens is 4. The smallest absolute Gasteiger partial charge is 0.306 e. The first-order valence-electron chi connectivity index (χ1n) is 5.92. The second-order valence-corrected chi connectivity index (χ2v) is 5.98. The molecule has 0 saturated heterocycles. The summed E-state index contributed by atoms with van der Waals surface area (Å²) < 4.78 is 40.2. The van der Waals surface area contributed by atoms with Crippen LogP contribution in [0.2, 0.25) is 0 Å². The molecule has 0 aromatic carbocycles. The molecule has 108 valence electrons. The van der Waals surface area contributed by atoms with Gasteiger partial charge in [-0.3, -0.25) is 4.98 Å². The van der Waals surface area contributed by atoms with E-state index in [9.17, 15) is 13.2 Å². The summed E-state index contributed by atoms with van der Waals surface area (Å²) in [6.45, 7) is 2.42. The van der Waals surface area contributed by atoms with E-state index < -0.39 is 17.8 Å². The fourth-order valence-electron chi connectivity index (χ4n) is 1.94. The van der Waals surface area contributed by atoms with E-state index in [1.807, 2.05) is 18.4 Å². The summed E-state index contributed by atoms with van der Waals surface area (Å²) >= 11 is 4.73. The second-order valence-electron chi connectivity index (χ2n) is 4.12. The topological polar surface area (TPSA) is 24.9 Å². The van der Waals surface area contributed by atoms with Gasteiger partial charge in [0.05, 0.1) is 11.6 Å². The van der Waals surface area contributed by atoms with Crippen LogP contribution in [0.15, 0.2) is 34.4 Å². The fourth-order valence-corrected chi connectivity index (χ4v) is 3.48. The summed E-state index contributed by atoms with van der Waals surface area (Å²) in [6.07, 6.45) is -1.94. The van der Waals surface area contributed by atoms with Gasteiger partial charge in [-0.1, -0.05) is 6.92 Å². The first-order chi connectivity index (χ1) is 9.43. The molecule has 0 aliphatic heterocycles. The number of thiophene rings is 1. The Kier molecular flexibility index (Phi) is 4.82. The van der Waals surface area contributed by atoms with E-state index in [0.29, 0.717) is 6.54 Å². The van der Waals surface area contributed by atoms with Gasteiger partial charge in [-0.2, -0.15) is 13.2 Å². The summed E-state index contributed by atoms with van der Waals surface area (Å²) in [6, 6.07) is 2.33. The molecule has 0 spiro atoms. The molecule has 2 aromatic heterocycles. The molecule has 0 fully saturated rings. The highest BCUT2D eigenvalue weighted by atomic mass is 79.9. The molecule has 7 heteroatoms. The number of rotatable bonds is 4. The van der Waals surface area contributed by atoms with Crippen molar-refractivity contribution in [3.63, 3.8) is 0 Å². The van der Waals surface area contributed by atoms with E-state index in [1.54, 1.807) is 0 Å². The molecule has 0 radical (unpaired) electrons.